The lowest BCUT2D eigenvalue weighted by atomic mass is 10.3. The van der Waals surface area contributed by atoms with Gasteiger partial charge in [-0.1, -0.05) is 6.07 Å². The fourth-order valence-corrected chi connectivity index (χ4v) is 1.03. The third kappa shape index (κ3) is 4.50. The van der Waals surface area contributed by atoms with Gasteiger partial charge in [0, 0.05) is 11.8 Å². The topological polar surface area (TPSA) is 47.3 Å². The van der Waals surface area contributed by atoms with E-state index < -0.39 is 6.36 Å². The van der Waals surface area contributed by atoms with Crippen LogP contribution in [0.15, 0.2) is 24.3 Å². The summed E-state index contributed by atoms with van der Waals surface area (Å²) in [6.07, 6.45) is -4.71. The van der Waals surface area contributed by atoms with Crippen molar-refractivity contribution in [1.82, 2.24) is 0 Å². The molecule has 0 saturated carbocycles. The lowest BCUT2D eigenvalue weighted by molar-refractivity contribution is -0.274. The van der Waals surface area contributed by atoms with Crippen molar-refractivity contribution in [3.63, 3.8) is 0 Å². The number of nitrogens with one attached hydrogen (secondary N) is 1. The first-order valence-corrected chi connectivity index (χ1v) is 4.20. The summed E-state index contributed by atoms with van der Waals surface area (Å²) >= 11 is 4.53. The highest BCUT2D eigenvalue weighted by molar-refractivity contribution is 7.80. The van der Waals surface area contributed by atoms with Crippen LogP contribution in [0.1, 0.15) is 0 Å². The zero-order chi connectivity index (χ0) is 11.5. The number of hydrogen-bond donors (Lipinski definition) is 2. The van der Waals surface area contributed by atoms with Gasteiger partial charge in [-0.2, -0.15) is 0 Å². The Morgan fingerprint density at radius 2 is 2.07 bits per heavy atom. The molecule has 82 valence electrons. The van der Waals surface area contributed by atoms with Gasteiger partial charge in [0.15, 0.2) is 5.11 Å². The van der Waals surface area contributed by atoms with Crippen LogP contribution in [0.4, 0.5) is 18.9 Å². The predicted octanol–water partition coefficient (Wildman–Crippen LogP) is 2.24. The molecule has 1 aromatic carbocycles. The molecule has 15 heavy (non-hydrogen) atoms. The predicted molar refractivity (Wildman–Crippen MR) is 53.5 cm³/mol. The largest absolute Gasteiger partial charge is 0.573 e. The first kappa shape index (κ1) is 11.6. The maximum Gasteiger partial charge on any atom is 0.573 e. The van der Waals surface area contributed by atoms with Crippen LogP contribution in [0, 0.1) is 0 Å². The number of hydrogen-bond acceptors (Lipinski definition) is 2. The molecule has 7 heteroatoms. The minimum atomic E-state index is -4.71. The Hall–Kier alpha value is -1.50. The zero-order valence-electron chi connectivity index (χ0n) is 7.34. The minimum absolute atomic E-state index is 0.0286. The highest BCUT2D eigenvalue weighted by atomic mass is 32.1. The summed E-state index contributed by atoms with van der Waals surface area (Å²) in [5, 5.41) is 2.46. The molecule has 1 aromatic rings. The molecule has 0 aliphatic rings. The summed E-state index contributed by atoms with van der Waals surface area (Å²) < 4.78 is 39.2. The van der Waals surface area contributed by atoms with Gasteiger partial charge < -0.3 is 15.8 Å². The van der Waals surface area contributed by atoms with Gasteiger partial charge in [0.25, 0.3) is 0 Å². The first-order valence-electron chi connectivity index (χ1n) is 3.79. The van der Waals surface area contributed by atoms with E-state index in [1.807, 2.05) is 0 Å². The molecule has 0 aromatic heterocycles. The van der Waals surface area contributed by atoms with E-state index in [0.717, 1.165) is 6.07 Å². The van der Waals surface area contributed by atoms with Crippen LogP contribution in [0.3, 0.4) is 0 Å². The number of rotatable bonds is 2. The van der Waals surface area contributed by atoms with Gasteiger partial charge in [0.05, 0.1) is 0 Å². The second-order valence-electron chi connectivity index (χ2n) is 2.56. The zero-order valence-corrected chi connectivity index (χ0v) is 8.15. The summed E-state index contributed by atoms with van der Waals surface area (Å²) in [5.41, 5.74) is 5.50. The average Bonchev–Trinajstić information content (AvgIpc) is 1.99. The van der Waals surface area contributed by atoms with Gasteiger partial charge >= 0.3 is 6.36 Å². The van der Waals surface area contributed by atoms with E-state index in [1.54, 1.807) is 0 Å². The molecule has 0 saturated heterocycles. The van der Waals surface area contributed by atoms with E-state index in [1.165, 1.54) is 18.2 Å². The van der Waals surface area contributed by atoms with E-state index in [0.29, 0.717) is 5.69 Å². The minimum Gasteiger partial charge on any atom is -0.406 e. The molecule has 0 spiro atoms. The molecule has 0 radical (unpaired) electrons. The lowest BCUT2D eigenvalue weighted by Gasteiger charge is -2.10. The molecule has 1 rings (SSSR count). The summed E-state index contributed by atoms with van der Waals surface area (Å²) in [4.78, 5) is 0. The lowest BCUT2D eigenvalue weighted by Crippen LogP contribution is -2.19. The van der Waals surface area contributed by atoms with Crippen molar-refractivity contribution in [2.45, 2.75) is 6.36 Å². The number of halogens is 3. The van der Waals surface area contributed by atoms with Gasteiger partial charge in [-0.3, -0.25) is 0 Å². The molecule has 0 bridgehead atoms. The SMILES string of the molecule is NC(=S)Nc1cccc(OC(F)(F)F)c1. The first-order chi connectivity index (χ1) is 6.87. The summed E-state index contributed by atoms with van der Waals surface area (Å²) in [6, 6.07) is 5.23. The Kier molecular flexibility index (Phi) is 3.35. The van der Waals surface area contributed by atoms with Gasteiger partial charge in [0.2, 0.25) is 0 Å². The van der Waals surface area contributed by atoms with Gasteiger partial charge in [-0.25, -0.2) is 0 Å². The Balaban J connectivity index is 2.79. The van der Waals surface area contributed by atoms with Gasteiger partial charge in [-0.05, 0) is 24.4 Å². The monoisotopic (exact) mass is 236 g/mol. The Bertz CT molecular complexity index is 367. The third-order valence-electron chi connectivity index (χ3n) is 1.34. The van der Waals surface area contributed by atoms with Crippen molar-refractivity contribution in [3.8, 4) is 5.75 Å². The summed E-state index contributed by atoms with van der Waals surface area (Å²) in [6.45, 7) is 0. The Morgan fingerprint density at radius 3 is 2.60 bits per heavy atom. The fraction of sp³-hybridized carbons (Fsp3) is 0.125. The fourth-order valence-electron chi connectivity index (χ4n) is 0.913. The van der Waals surface area contributed by atoms with Crippen LogP contribution in [-0.4, -0.2) is 11.5 Å². The van der Waals surface area contributed by atoms with Crippen molar-refractivity contribution in [1.29, 1.82) is 0 Å². The molecule has 0 amide bonds. The average molecular weight is 236 g/mol. The third-order valence-corrected chi connectivity index (χ3v) is 1.44. The number of anilines is 1. The van der Waals surface area contributed by atoms with E-state index in [9.17, 15) is 13.2 Å². The Labute approximate surface area is 89.0 Å². The highest BCUT2D eigenvalue weighted by Crippen LogP contribution is 2.24. The van der Waals surface area contributed by atoms with Crippen LogP contribution < -0.4 is 15.8 Å². The van der Waals surface area contributed by atoms with Crippen LogP contribution in [0.5, 0.6) is 5.75 Å². The molecule has 0 heterocycles. The molecule has 3 nitrogen and oxygen atoms in total. The van der Waals surface area contributed by atoms with Crippen molar-refractivity contribution < 1.29 is 17.9 Å². The molecular weight excluding hydrogens is 229 g/mol. The van der Waals surface area contributed by atoms with E-state index in [4.69, 9.17) is 5.73 Å². The second kappa shape index (κ2) is 4.35. The van der Waals surface area contributed by atoms with Crippen LogP contribution >= 0.6 is 12.2 Å². The number of nitrogens with two attached hydrogens (primary N) is 1. The van der Waals surface area contributed by atoms with E-state index in [2.05, 4.69) is 22.3 Å². The van der Waals surface area contributed by atoms with Crippen molar-refractivity contribution in [2.75, 3.05) is 5.32 Å². The molecule has 3 N–H and O–H groups in total. The van der Waals surface area contributed by atoms with Crippen LogP contribution in [0.2, 0.25) is 0 Å². The number of thiocarbonyl (C=S) groups is 1. The number of alkyl halides is 3. The van der Waals surface area contributed by atoms with Crippen LogP contribution in [0.25, 0.3) is 0 Å². The molecule has 0 aliphatic carbocycles. The summed E-state index contributed by atoms with van der Waals surface area (Å²) in [7, 11) is 0. The van der Waals surface area contributed by atoms with Crippen LogP contribution in [-0.2, 0) is 0 Å². The number of ether oxygens (including phenoxy) is 1. The smallest absolute Gasteiger partial charge is 0.406 e. The van der Waals surface area contributed by atoms with Crippen molar-refractivity contribution in [2.24, 2.45) is 5.73 Å². The molecular formula is C8H7F3N2OS. The van der Waals surface area contributed by atoms with Crippen molar-refractivity contribution >= 4 is 23.0 Å². The molecule has 0 fully saturated rings. The van der Waals surface area contributed by atoms with Crippen molar-refractivity contribution in [3.05, 3.63) is 24.3 Å². The molecule has 0 unspecified atom stereocenters. The summed E-state index contributed by atoms with van der Waals surface area (Å²) in [5.74, 6) is -0.330. The van der Waals surface area contributed by atoms with Gasteiger partial charge in [-0.15, -0.1) is 13.2 Å². The standard InChI is InChI=1S/C8H7F3N2OS/c9-8(10,11)14-6-3-1-2-5(4-6)13-7(12)15/h1-4H,(H3,12,13,15). The Morgan fingerprint density at radius 1 is 1.40 bits per heavy atom. The maximum atomic E-state index is 11.8. The second-order valence-corrected chi connectivity index (χ2v) is 3.00. The molecule has 0 atom stereocenters. The highest BCUT2D eigenvalue weighted by Gasteiger charge is 2.31. The van der Waals surface area contributed by atoms with Gasteiger partial charge in [0.1, 0.15) is 5.75 Å². The molecule has 0 aliphatic heterocycles. The number of benzene rings is 1. The maximum absolute atomic E-state index is 11.8. The quantitative estimate of drug-likeness (QED) is 0.773. The van der Waals surface area contributed by atoms with E-state index >= 15 is 0 Å². The normalized spacial score (nSPS) is 10.9. The van der Waals surface area contributed by atoms with E-state index in [-0.39, 0.29) is 10.9 Å².